The summed E-state index contributed by atoms with van der Waals surface area (Å²) in [4.78, 5) is 38.4. The van der Waals surface area contributed by atoms with Crippen LogP contribution < -0.4 is 10.1 Å². The van der Waals surface area contributed by atoms with Crippen LogP contribution in [0.2, 0.25) is 0 Å². The Hall–Kier alpha value is -2.87. The summed E-state index contributed by atoms with van der Waals surface area (Å²) in [6, 6.07) is 4.79. The smallest absolute Gasteiger partial charge is 0.277 e. The average Bonchev–Trinajstić information content (AvgIpc) is 2.82. The summed E-state index contributed by atoms with van der Waals surface area (Å²) in [5.74, 6) is -0.857. The van der Waals surface area contributed by atoms with Crippen molar-refractivity contribution in [2.75, 3.05) is 39.7 Å². The van der Waals surface area contributed by atoms with Gasteiger partial charge in [-0.05, 0) is 18.2 Å². The van der Waals surface area contributed by atoms with Gasteiger partial charge in [-0.3, -0.25) is 19.3 Å². The highest BCUT2D eigenvalue weighted by molar-refractivity contribution is 6.17. The van der Waals surface area contributed by atoms with Crippen LogP contribution in [0.1, 0.15) is 10.4 Å². The summed E-state index contributed by atoms with van der Waals surface area (Å²) in [5, 5.41) is 11.7. The fourth-order valence-electron chi connectivity index (χ4n) is 2.26. The molecule has 0 saturated carbocycles. The van der Waals surface area contributed by atoms with Gasteiger partial charge < -0.3 is 20.1 Å². The molecule has 0 aromatic heterocycles. The maximum atomic E-state index is 12.2. The van der Waals surface area contributed by atoms with Gasteiger partial charge in [-0.25, -0.2) is 0 Å². The molecular formula is C16H19N3O5. The number of ether oxygens (including phenoxy) is 1. The second-order valence-corrected chi connectivity index (χ2v) is 5.32. The number of aliphatic hydroxyl groups excluding tert-OH is 1. The molecule has 3 amide bonds. The molecule has 8 nitrogen and oxygen atoms in total. The van der Waals surface area contributed by atoms with E-state index in [0.717, 1.165) is 11.0 Å². The predicted molar refractivity (Wildman–Crippen MR) is 86.5 cm³/mol. The first-order valence-corrected chi connectivity index (χ1v) is 7.24. The second-order valence-electron chi connectivity index (χ2n) is 5.32. The number of aliphatic hydroxyl groups is 1. The van der Waals surface area contributed by atoms with Gasteiger partial charge in [0.15, 0.2) is 0 Å². The van der Waals surface area contributed by atoms with E-state index in [4.69, 9.17) is 9.84 Å². The molecule has 128 valence electrons. The summed E-state index contributed by atoms with van der Waals surface area (Å²) < 4.78 is 5.18. The third-order valence-corrected chi connectivity index (χ3v) is 3.45. The van der Waals surface area contributed by atoms with E-state index < -0.39 is 11.8 Å². The molecule has 8 heteroatoms. The van der Waals surface area contributed by atoms with Crippen molar-refractivity contribution >= 4 is 23.4 Å². The Balaban J connectivity index is 2.27. The topological polar surface area (TPSA) is 99.2 Å². The standard InChI is InChI=1S/C16H19N3O5/c1-18(2)15(22)11-8-10(4-5-13(11)24-3)17-12-9-14(21)19(6-7-20)16(12)23/h4-5,8-9,17,20H,6-7H2,1-3H3. The van der Waals surface area contributed by atoms with Crippen LogP contribution in [-0.4, -0.2) is 67.0 Å². The van der Waals surface area contributed by atoms with E-state index in [1.165, 1.54) is 12.0 Å². The Kier molecular flexibility index (Phi) is 5.20. The minimum atomic E-state index is -0.523. The number of nitrogens with one attached hydrogen (secondary N) is 1. The normalized spacial score (nSPS) is 13.8. The number of imide groups is 1. The zero-order valence-corrected chi connectivity index (χ0v) is 13.7. The zero-order valence-electron chi connectivity index (χ0n) is 13.7. The Morgan fingerprint density at radius 3 is 2.62 bits per heavy atom. The van der Waals surface area contributed by atoms with Crippen molar-refractivity contribution in [3.63, 3.8) is 0 Å². The van der Waals surface area contributed by atoms with Gasteiger partial charge in [0.2, 0.25) is 0 Å². The molecule has 1 aromatic carbocycles. The van der Waals surface area contributed by atoms with Gasteiger partial charge >= 0.3 is 0 Å². The number of methoxy groups -OCH3 is 1. The molecule has 1 heterocycles. The van der Waals surface area contributed by atoms with E-state index >= 15 is 0 Å². The Morgan fingerprint density at radius 2 is 2.04 bits per heavy atom. The summed E-state index contributed by atoms with van der Waals surface area (Å²) in [5.41, 5.74) is 0.887. The highest BCUT2D eigenvalue weighted by Gasteiger charge is 2.30. The van der Waals surface area contributed by atoms with Crippen molar-refractivity contribution in [2.45, 2.75) is 0 Å². The quantitative estimate of drug-likeness (QED) is 0.714. The van der Waals surface area contributed by atoms with Crippen LogP contribution in [0.5, 0.6) is 5.75 Å². The SMILES string of the molecule is COc1ccc(NC2=CC(=O)N(CCO)C2=O)cc1C(=O)N(C)C. The van der Waals surface area contributed by atoms with Crippen molar-refractivity contribution in [1.29, 1.82) is 0 Å². The zero-order chi connectivity index (χ0) is 17.9. The van der Waals surface area contributed by atoms with Crippen LogP contribution >= 0.6 is 0 Å². The van der Waals surface area contributed by atoms with Crippen LogP contribution in [0.15, 0.2) is 30.0 Å². The summed E-state index contributed by atoms with van der Waals surface area (Å²) >= 11 is 0. The maximum Gasteiger partial charge on any atom is 0.277 e. The van der Waals surface area contributed by atoms with Crippen LogP contribution in [0.3, 0.4) is 0 Å². The third-order valence-electron chi connectivity index (χ3n) is 3.45. The Labute approximate surface area is 139 Å². The molecule has 1 aliphatic rings. The fourth-order valence-corrected chi connectivity index (χ4v) is 2.26. The molecule has 0 unspecified atom stereocenters. The van der Waals surface area contributed by atoms with Crippen LogP contribution in [0, 0.1) is 0 Å². The van der Waals surface area contributed by atoms with Crippen molar-refractivity contribution < 1.29 is 24.2 Å². The van der Waals surface area contributed by atoms with Gasteiger partial charge in [0.25, 0.3) is 17.7 Å². The van der Waals surface area contributed by atoms with Gasteiger partial charge in [0, 0.05) is 25.9 Å². The molecule has 0 bridgehead atoms. The highest BCUT2D eigenvalue weighted by Crippen LogP contribution is 2.25. The second kappa shape index (κ2) is 7.14. The average molecular weight is 333 g/mol. The highest BCUT2D eigenvalue weighted by atomic mass is 16.5. The summed E-state index contributed by atoms with van der Waals surface area (Å²) in [7, 11) is 4.70. The minimum Gasteiger partial charge on any atom is -0.496 e. The number of benzene rings is 1. The van der Waals surface area contributed by atoms with Gasteiger partial charge in [-0.15, -0.1) is 0 Å². The van der Waals surface area contributed by atoms with E-state index in [0.29, 0.717) is 17.0 Å². The number of carbonyl (C=O) groups excluding carboxylic acids is 3. The van der Waals surface area contributed by atoms with E-state index in [9.17, 15) is 14.4 Å². The first-order valence-electron chi connectivity index (χ1n) is 7.24. The Bertz CT molecular complexity index is 712. The van der Waals surface area contributed by atoms with Crippen LogP contribution in [0.4, 0.5) is 5.69 Å². The number of hydrogen-bond acceptors (Lipinski definition) is 6. The molecular weight excluding hydrogens is 314 g/mol. The number of β-amino-alcohol motifs (C(OH)–C–C–N with tert-alkyl or cyclic N) is 1. The number of amides is 3. The largest absolute Gasteiger partial charge is 0.496 e. The molecule has 2 rings (SSSR count). The van der Waals surface area contributed by atoms with E-state index in [-0.39, 0.29) is 24.8 Å². The Morgan fingerprint density at radius 1 is 1.33 bits per heavy atom. The molecule has 1 aromatic rings. The minimum absolute atomic E-state index is 0.0632. The number of anilines is 1. The molecule has 0 saturated heterocycles. The summed E-state index contributed by atoms with van der Waals surface area (Å²) in [6.45, 7) is -0.366. The van der Waals surface area contributed by atoms with Crippen LogP contribution in [-0.2, 0) is 9.59 Å². The number of carbonyl (C=O) groups is 3. The first kappa shape index (κ1) is 17.5. The maximum absolute atomic E-state index is 12.2. The van der Waals surface area contributed by atoms with Gasteiger partial charge in [-0.2, -0.15) is 0 Å². The first-order chi connectivity index (χ1) is 11.4. The van der Waals surface area contributed by atoms with Crippen molar-refractivity contribution in [2.24, 2.45) is 0 Å². The molecule has 1 aliphatic heterocycles. The summed E-state index contributed by atoms with van der Waals surface area (Å²) in [6.07, 6.45) is 1.16. The molecule has 24 heavy (non-hydrogen) atoms. The number of hydrogen-bond donors (Lipinski definition) is 2. The van der Waals surface area contributed by atoms with Crippen molar-refractivity contribution in [3.05, 3.63) is 35.5 Å². The molecule has 0 atom stereocenters. The monoisotopic (exact) mass is 333 g/mol. The van der Waals surface area contributed by atoms with Crippen LogP contribution in [0.25, 0.3) is 0 Å². The lowest BCUT2D eigenvalue weighted by Crippen LogP contribution is -2.34. The number of nitrogens with zero attached hydrogens (tertiary/aromatic N) is 2. The molecule has 0 fully saturated rings. The molecule has 0 spiro atoms. The predicted octanol–water partition coefficient (Wildman–Crippen LogP) is 0.0539. The van der Waals surface area contributed by atoms with E-state index in [1.807, 2.05) is 0 Å². The lowest BCUT2D eigenvalue weighted by Gasteiger charge is -2.16. The molecule has 0 aliphatic carbocycles. The van der Waals surface area contributed by atoms with Gasteiger partial charge in [-0.1, -0.05) is 0 Å². The van der Waals surface area contributed by atoms with Crippen molar-refractivity contribution in [1.82, 2.24) is 9.80 Å². The molecule has 0 radical (unpaired) electrons. The third kappa shape index (κ3) is 3.38. The van der Waals surface area contributed by atoms with Gasteiger partial charge in [0.05, 0.1) is 25.8 Å². The lowest BCUT2D eigenvalue weighted by molar-refractivity contribution is -0.137. The van der Waals surface area contributed by atoms with Crippen molar-refractivity contribution in [3.8, 4) is 5.75 Å². The van der Waals surface area contributed by atoms with Gasteiger partial charge in [0.1, 0.15) is 11.4 Å². The van der Waals surface area contributed by atoms with E-state index in [2.05, 4.69) is 5.32 Å². The fraction of sp³-hybridized carbons (Fsp3) is 0.312. The number of rotatable bonds is 6. The van der Waals surface area contributed by atoms with E-state index in [1.54, 1.807) is 32.3 Å². The lowest BCUT2D eigenvalue weighted by atomic mass is 10.1. The molecule has 2 N–H and O–H groups in total.